The summed E-state index contributed by atoms with van der Waals surface area (Å²) in [5.74, 6) is -0.877. The van der Waals surface area contributed by atoms with Crippen LogP contribution in [0.3, 0.4) is 0 Å². The number of amides is 1. The molecule has 0 bridgehead atoms. The second-order valence-corrected chi connectivity index (χ2v) is 6.31. The van der Waals surface area contributed by atoms with Gasteiger partial charge in [0, 0.05) is 24.1 Å². The SMILES string of the molecule is N#C/C(=C\c1ccn(C2CCCCC2)c1)C(=O)Nc1ccc(F)cc1. The van der Waals surface area contributed by atoms with Gasteiger partial charge in [-0.2, -0.15) is 5.26 Å². The minimum absolute atomic E-state index is 0.0192. The van der Waals surface area contributed by atoms with Crippen LogP contribution in [0.15, 0.2) is 48.3 Å². The molecule has 1 saturated carbocycles. The van der Waals surface area contributed by atoms with E-state index in [-0.39, 0.29) is 11.4 Å². The van der Waals surface area contributed by atoms with E-state index in [9.17, 15) is 14.4 Å². The van der Waals surface area contributed by atoms with Crippen LogP contribution in [0.2, 0.25) is 0 Å². The Balaban J connectivity index is 1.71. The fraction of sp³-hybridized carbons (Fsp3) is 0.300. The van der Waals surface area contributed by atoms with Gasteiger partial charge in [-0.25, -0.2) is 4.39 Å². The lowest BCUT2D eigenvalue weighted by Crippen LogP contribution is -2.13. The van der Waals surface area contributed by atoms with Gasteiger partial charge in [0.1, 0.15) is 17.5 Å². The number of carbonyl (C=O) groups excluding carboxylic acids is 1. The molecule has 0 unspecified atom stereocenters. The number of nitriles is 1. The van der Waals surface area contributed by atoms with Gasteiger partial charge in [-0.15, -0.1) is 0 Å². The van der Waals surface area contributed by atoms with Crippen LogP contribution in [-0.2, 0) is 4.79 Å². The Kier molecular flexibility index (Phi) is 5.30. The summed E-state index contributed by atoms with van der Waals surface area (Å²) in [7, 11) is 0. The first-order valence-electron chi connectivity index (χ1n) is 8.52. The third-order valence-corrected chi connectivity index (χ3v) is 4.51. The van der Waals surface area contributed by atoms with E-state index in [0.717, 1.165) is 5.56 Å². The van der Waals surface area contributed by atoms with Crippen LogP contribution in [-0.4, -0.2) is 10.5 Å². The molecule has 3 rings (SSSR count). The summed E-state index contributed by atoms with van der Waals surface area (Å²) in [5.41, 5.74) is 1.30. The number of anilines is 1. The summed E-state index contributed by atoms with van der Waals surface area (Å²) in [6.07, 6.45) is 11.7. The van der Waals surface area contributed by atoms with Crippen molar-refractivity contribution < 1.29 is 9.18 Å². The molecule has 128 valence electrons. The van der Waals surface area contributed by atoms with Crippen LogP contribution in [0.4, 0.5) is 10.1 Å². The van der Waals surface area contributed by atoms with Gasteiger partial charge in [0.05, 0.1) is 0 Å². The van der Waals surface area contributed by atoms with Gasteiger partial charge >= 0.3 is 0 Å². The summed E-state index contributed by atoms with van der Waals surface area (Å²) in [6.45, 7) is 0. The van der Waals surface area contributed by atoms with Crippen LogP contribution < -0.4 is 5.32 Å². The molecule has 1 heterocycles. The molecule has 1 N–H and O–H groups in total. The van der Waals surface area contributed by atoms with E-state index in [1.165, 1.54) is 56.4 Å². The summed E-state index contributed by atoms with van der Waals surface area (Å²) < 4.78 is 15.1. The fourth-order valence-electron chi connectivity index (χ4n) is 3.17. The Morgan fingerprint density at radius 2 is 1.92 bits per heavy atom. The van der Waals surface area contributed by atoms with Crippen LogP contribution in [0.5, 0.6) is 0 Å². The van der Waals surface area contributed by atoms with E-state index in [2.05, 4.69) is 9.88 Å². The number of carbonyl (C=O) groups is 1. The highest BCUT2D eigenvalue weighted by Crippen LogP contribution is 2.28. The smallest absolute Gasteiger partial charge is 0.266 e. The van der Waals surface area contributed by atoms with Crippen molar-refractivity contribution in [3.63, 3.8) is 0 Å². The number of nitrogens with one attached hydrogen (secondary N) is 1. The van der Waals surface area contributed by atoms with Crippen molar-refractivity contribution >= 4 is 17.7 Å². The molecule has 1 amide bonds. The van der Waals surface area contributed by atoms with Gasteiger partial charge in [0.25, 0.3) is 5.91 Å². The Morgan fingerprint density at radius 1 is 1.20 bits per heavy atom. The van der Waals surface area contributed by atoms with Crippen molar-refractivity contribution in [3.8, 4) is 6.07 Å². The quantitative estimate of drug-likeness (QED) is 0.650. The van der Waals surface area contributed by atoms with E-state index in [1.54, 1.807) is 6.08 Å². The lowest BCUT2D eigenvalue weighted by atomic mass is 9.95. The number of rotatable bonds is 4. The van der Waals surface area contributed by atoms with Crippen molar-refractivity contribution in [1.82, 2.24) is 4.57 Å². The van der Waals surface area contributed by atoms with Gasteiger partial charge < -0.3 is 9.88 Å². The topological polar surface area (TPSA) is 57.8 Å². The average molecular weight is 337 g/mol. The molecular weight excluding hydrogens is 317 g/mol. The molecule has 0 radical (unpaired) electrons. The Morgan fingerprint density at radius 3 is 2.60 bits per heavy atom. The highest BCUT2D eigenvalue weighted by atomic mass is 19.1. The first-order chi connectivity index (χ1) is 12.2. The van der Waals surface area contributed by atoms with Crippen LogP contribution in [0.25, 0.3) is 6.08 Å². The van der Waals surface area contributed by atoms with E-state index < -0.39 is 5.91 Å². The second-order valence-electron chi connectivity index (χ2n) is 6.31. The van der Waals surface area contributed by atoms with E-state index in [4.69, 9.17) is 0 Å². The number of nitrogens with zero attached hydrogens (tertiary/aromatic N) is 2. The molecular formula is C20H20FN3O. The maximum atomic E-state index is 12.9. The zero-order valence-corrected chi connectivity index (χ0v) is 13.9. The number of aromatic nitrogens is 1. The second kappa shape index (κ2) is 7.80. The summed E-state index contributed by atoms with van der Waals surface area (Å²) >= 11 is 0. The third-order valence-electron chi connectivity index (χ3n) is 4.51. The monoisotopic (exact) mass is 337 g/mol. The molecule has 5 heteroatoms. The lowest BCUT2D eigenvalue weighted by molar-refractivity contribution is -0.112. The number of benzene rings is 1. The molecule has 0 spiro atoms. The maximum absolute atomic E-state index is 12.9. The molecule has 1 fully saturated rings. The van der Waals surface area contributed by atoms with E-state index in [0.29, 0.717) is 11.7 Å². The predicted octanol–water partition coefficient (Wildman–Crippen LogP) is 4.68. The molecule has 1 aliphatic rings. The van der Waals surface area contributed by atoms with E-state index in [1.807, 2.05) is 24.5 Å². The summed E-state index contributed by atoms with van der Waals surface area (Å²) in [5, 5.41) is 11.9. The van der Waals surface area contributed by atoms with Gasteiger partial charge in [0.15, 0.2) is 0 Å². The fourth-order valence-corrected chi connectivity index (χ4v) is 3.17. The first-order valence-corrected chi connectivity index (χ1v) is 8.52. The van der Waals surface area contributed by atoms with Crippen molar-refractivity contribution in [3.05, 3.63) is 59.7 Å². The number of hydrogen-bond acceptors (Lipinski definition) is 2. The van der Waals surface area contributed by atoms with Crippen LogP contribution in [0, 0.1) is 17.1 Å². The molecule has 2 aromatic rings. The molecule has 0 atom stereocenters. The number of hydrogen-bond donors (Lipinski definition) is 1. The summed E-state index contributed by atoms with van der Waals surface area (Å²) in [6, 6.07) is 9.80. The van der Waals surface area contributed by atoms with Crippen molar-refractivity contribution in [2.24, 2.45) is 0 Å². The molecule has 1 aromatic heterocycles. The molecule has 1 aromatic carbocycles. The van der Waals surface area contributed by atoms with Gasteiger partial charge in [-0.3, -0.25) is 4.79 Å². The van der Waals surface area contributed by atoms with Crippen molar-refractivity contribution in [1.29, 1.82) is 5.26 Å². The highest BCUT2D eigenvalue weighted by Gasteiger charge is 2.15. The zero-order valence-electron chi connectivity index (χ0n) is 13.9. The molecule has 4 nitrogen and oxygen atoms in total. The lowest BCUT2D eigenvalue weighted by Gasteiger charge is -2.23. The summed E-state index contributed by atoms with van der Waals surface area (Å²) in [4.78, 5) is 12.2. The third kappa shape index (κ3) is 4.36. The molecule has 1 aliphatic carbocycles. The molecule has 0 saturated heterocycles. The van der Waals surface area contributed by atoms with Crippen molar-refractivity contribution in [2.45, 2.75) is 38.1 Å². The largest absolute Gasteiger partial charge is 0.351 e. The minimum Gasteiger partial charge on any atom is -0.351 e. The Hall–Kier alpha value is -2.87. The van der Waals surface area contributed by atoms with Crippen LogP contribution in [0.1, 0.15) is 43.7 Å². The molecule has 0 aliphatic heterocycles. The Labute approximate surface area is 146 Å². The van der Waals surface area contributed by atoms with Gasteiger partial charge in [-0.1, -0.05) is 19.3 Å². The van der Waals surface area contributed by atoms with Crippen molar-refractivity contribution in [2.75, 3.05) is 5.32 Å². The van der Waals surface area contributed by atoms with Gasteiger partial charge in [0.2, 0.25) is 0 Å². The molecule has 25 heavy (non-hydrogen) atoms. The van der Waals surface area contributed by atoms with E-state index >= 15 is 0 Å². The predicted molar refractivity (Wildman–Crippen MR) is 95.2 cm³/mol. The normalized spacial score (nSPS) is 15.6. The maximum Gasteiger partial charge on any atom is 0.266 e. The van der Waals surface area contributed by atoms with Gasteiger partial charge in [-0.05, 0) is 54.8 Å². The number of halogens is 1. The van der Waals surface area contributed by atoms with Crippen LogP contribution >= 0.6 is 0 Å². The average Bonchev–Trinajstić information content (AvgIpc) is 3.11. The zero-order chi connectivity index (χ0) is 17.6. The minimum atomic E-state index is -0.500. The highest BCUT2D eigenvalue weighted by molar-refractivity contribution is 6.09. The standard InChI is InChI=1S/C20H20FN3O/c21-17-6-8-18(9-7-17)23-20(25)16(13-22)12-15-10-11-24(14-15)19-4-2-1-3-5-19/h6-12,14,19H,1-5H2,(H,23,25)/b16-12+. The Bertz CT molecular complexity index is 808. The first kappa shape index (κ1) is 17.0.